The largest absolute Gasteiger partial charge is 0.475 e. The van der Waals surface area contributed by atoms with Crippen LogP contribution in [0, 0.1) is 0 Å². The Morgan fingerprint density at radius 2 is 1.33 bits per heavy atom. The number of amides is 1. The molecule has 0 unspecified atom stereocenters. The predicted molar refractivity (Wildman–Crippen MR) is 111 cm³/mol. The molecule has 0 aliphatic carbocycles. The average molecular weight is 437 g/mol. The van der Waals surface area contributed by atoms with Crippen molar-refractivity contribution < 1.29 is 32.5 Å². The van der Waals surface area contributed by atoms with Gasteiger partial charge in [0.25, 0.3) is 0 Å². The number of benzene rings is 2. The molecule has 1 amide bonds. The van der Waals surface area contributed by atoms with E-state index in [-0.39, 0.29) is 26.4 Å². The van der Waals surface area contributed by atoms with Gasteiger partial charge in [0.1, 0.15) is 5.60 Å². The van der Waals surface area contributed by atoms with Crippen LogP contribution in [0.3, 0.4) is 0 Å². The van der Waals surface area contributed by atoms with E-state index in [2.05, 4.69) is 5.48 Å². The molecule has 0 saturated carbocycles. The molecule has 0 saturated heterocycles. The fourth-order valence-corrected chi connectivity index (χ4v) is 3.30. The lowest BCUT2D eigenvalue weighted by molar-refractivity contribution is -0.0184. The zero-order valence-electron chi connectivity index (χ0n) is 17.4. The van der Waals surface area contributed by atoms with Gasteiger partial charge < -0.3 is 4.74 Å². The summed E-state index contributed by atoms with van der Waals surface area (Å²) >= 11 is 0. The fourth-order valence-electron chi connectivity index (χ4n) is 2.17. The van der Waals surface area contributed by atoms with Crippen molar-refractivity contribution in [2.75, 3.05) is 13.2 Å². The van der Waals surface area contributed by atoms with E-state index in [4.69, 9.17) is 23.1 Å². The summed E-state index contributed by atoms with van der Waals surface area (Å²) in [6.07, 6.45) is -0.730. The molecule has 0 bridgehead atoms. The molecule has 0 aliphatic rings. The Morgan fingerprint density at radius 3 is 1.80 bits per heavy atom. The van der Waals surface area contributed by atoms with Crippen LogP contribution in [0.2, 0.25) is 0 Å². The predicted octanol–water partition coefficient (Wildman–Crippen LogP) is 5.00. The quantitative estimate of drug-likeness (QED) is 0.300. The Kier molecular flexibility index (Phi) is 9.49. The number of hydrogen-bond acceptors (Lipinski definition) is 7. The molecule has 2 aromatic carbocycles. The number of phosphoric ester groups is 1. The third-order valence-corrected chi connectivity index (χ3v) is 4.84. The summed E-state index contributed by atoms with van der Waals surface area (Å²) in [4.78, 5) is 16.5. The van der Waals surface area contributed by atoms with E-state index in [1.165, 1.54) is 0 Å². The summed E-state index contributed by atoms with van der Waals surface area (Å²) in [5, 5.41) is 0. The second-order valence-electron chi connectivity index (χ2n) is 7.25. The maximum absolute atomic E-state index is 13.0. The van der Waals surface area contributed by atoms with Crippen LogP contribution in [0.15, 0.2) is 60.7 Å². The fraction of sp³-hybridized carbons (Fsp3) is 0.381. The summed E-state index contributed by atoms with van der Waals surface area (Å²) in [6.45, 7) is 5.12. The highest BCUT2D eigenvalue weighted by atomic mass is 31.2. The number of hydrogen-bond donors (Lipinski definition) is 1. The van der Waals surface area contributed by atoms with E-state index < -0.39 is 19.5 Å². The second-order valence-corrected chi connectivity index (χ2v) is 8.92. The van der Waals surface area contributed by atoms with Gasteiger partial charge in [0.15, 0.2) is 0 Å². The van der Waals surface area contributed by atoms with Gasteiger partial charge in [-0.25, -0.2) is 9.36 Å². The zero-order valence-corrected chi connectivity index (χ0v) is 18.3. The topological polar surface area (TPSA) is 92.3 Å². The summed E-state index contributed by atoms with van der Waals surface area (Å²) < 4.78 is 34.3. The van der Waals surface area contributed by atoms with Crippen molar-refractivity contribution in [1.82, 2.24) is 5.48 Å². The van der Waals surface area contributed by atoms with Crippen LogP contribution < -0.4 is 5.48 Å². The van der Waals surface area contributed by atoms with Crippen molar-refractivity contribution in [1.29, 1.82) is 0 Å². The highest BCUT2D eigenvalue weighted by molar-refractivity contribution is 7.48. The van der Waals surface area contributed by atoms with Crippen LogP contribution in [0.4, 0.5) is 4.79 Å². The number of ether oxygens (including phenoxy) is 1. The van der Waals surface area contributed by atoms with Gasteiger partial charge in [-0.2, -0.15) is 5.48 Å². The molecule has 9 heteroatoms. The number of nitrogens with one attached hydrogen (secondary N) is 1. The van der Waals surface area contributed by atoms with Crippen LogP contribution >= 0.6 is 7.82 Å². The molecule has 0 aliphatic heterocycles. The first kappa shape index (κ1) is 24.1. The maximum atomic E-state index is 13.0. The molecule has 0 atom stereocenters. The molecule has 0 spiro atoms. The van der Waals surface area contributed by atoms with E-state index >= 15 is 0 Å². The summed E-state index contributed by atoms with van der Waals surface area (Å²) in [5.74, 6) is 0. The lowest BCUT2D eigenvalue weighted by atomic mass is 10.2. The molecule has 0 fully saturated rings. The van der Waals surface area contributed by atoms with Crippen molar-refractivity contribution in [2.45, 2.75) is 39.6 Å². The molecule has 0 heterocycles. The van der Waals surface area contributed by atoms with Crippen molar-refractivity contribution in [2.24, 2.45) is 0 Å². The van der Waals surface area contributed by atoms with Gasteiger partial charge in [0, 0.05) is 0 Å². The van der Waals surface area contributed by atoms with Crippen molar-refractivity contribution in [3.63, 3.8) is 0 Å². The smallest absolute Gasteiger partial charge is 0.442 e. The molecule has 30 heavy (non-hydrogen) atoms. The van der Waals surface area contributed by atoms with Gasteiger partial charge in [0.05, 0.1) is 26.4 Å². The van der Waals surface area contributed by atoms with Gasteiger partial charge in [-0.15, -0.1) is 0 Å². The van der Waals surface area contributed by atoms with Crippen LogP contribution in [0.1, 0.15) is 31.9 Å². The summed E-state index contributed by atoms with van der Waals surface area (Å²) in [5.41, 5.74) is 3.14. The standard InChI is InChI=1S/C21H28NO7P/c1-21(2,3)29-20(23)22-25-14-15-26-30(24,27-16-18-10-6-4-7-11-18)28-17-19-12-8-5-9-13-19/h4-13H,14-17H2,1-3H3,(H,22,23). The Balaban J connectivity index is 1.84. The number of phosphoric acid groups is 1. The first-order valence-electron chi connectivity index (χ1n) is 9.48. The Hall–Kier alpha value is -2.22. The van der Waals surface area contributed by atoms with E-state index in [9.17, 15) is 9.36 Å². The monoisotopic (exact) mass is 437 g/mol. The molecule has 164 valence electrons. The highest BCUT2D eigenvalue weighted by Gasteiger charge is 2.27. The lowest BCUT2D eigenvalue weighted by Gasteiger charge is -2.20. The normalized spacial score (nSPS) is 11.8. The lowest BCUT2D eigenvalue weighted by Crippen LogP contribution is -2.33. The molecule has 0 radical (unpaired) electrons. The average Bonchev–Trinajstić information content (AvgIpc) is 2.71. The van der Waals surface area contributed by atoms with Crippen molar-refractivity contribution >= 4 is 13.9 Å². The number of carbonyl (C=O) groups excluding carboxylic acids is 1. The molecule has 2 rings (SSSR count). The number of carbonyl (C=O) groups is 1. The minimum Gasteiger partial charge on any atom is -0.442 e. The second kappa shape index (κ2) is 11.8. The number of rotatable bonds is 11. The molecular formula is C21H28NO7P. The third-order valence-electron chi connectivity index (χ3n) is 3.45. The van der Waals surface area contributed by atoms with E-state index in [0.717, 1.165) is 11.1 Å². The van der Waals surface area contributed by atoms with Crippen molar-refractivity contribution in [3.05, 3.63) is 71.8 Å². The minimum absolute atomic E-state index is 0.0594. The molecule has 0 aromatic heterocycles. The Morgan fingerprint density at radius 1 is 0.833 bits per heavy atom. The van der Waals surface area contributed by atoms with Crippen LogP contribution in [0.5, 0.6) is 0 Å². The Bertz CT molecular complexity index is 762. The third kappa shape index (κ3) is 10.0. The maximum Gasteiger partial charge on any atom is 0.475 e. The van der Waals surface area contributed by atoms with Crippen LogP contribution in [-0.4, -0.2) is 24.9 Å². The van der Waals surface area contributed by atoms with Gasteiger partial charge >= 0.3 is 13.9 Å². The molecule has 1 N–H and O–H groups in total. The van der Waals surface area contributed by atoms with Crippen LogP contribution in [0.25, 0.3) is 0 Å². The molecular weight excluding hydrogens is 409 g/mol. The first-order valence-corrected chi connectivity index (χ1v) is 10.9. The Labute approximate surface area is 177 Å². The summed E-state index contributed by atoms with van der Waals surface area (Å²) in [7, 11) is -3.87. The minimum atomic E-state index is -3.87. The van der Waals surface area contributed by atoms with E-state index in [1.54, 1.807) is 20.8 Å². The highest BCUT2D eigenvalue weighted by Crippen LogP contribution is 2.50. The van der Waals surface area contributed by atoms with Crippen molar-refractivity contribution in [3.8, 4) is 0 Å². The zero-order chi connectivity index (χ0) is 21.9. The molecule has 2 aromatic rings. The van der Waals surface area contributed by atoms with Gasteiger partial charge in [0.2, 0.25) is 0 Å². The van der Waals surface area contributed by atoms with E-state index in [1.807, 2.05) is 60.7 Å². The molecule has 8 nitrogen and oxygen atoms in total. The van der Waals surface area contributed by atoms with Crippen LogP contribution in [-0.2, 0) is 40.9 Å². The van der Waals surface area contributed by atoms with Gasteiger partial charge in [-0.3, -0.25) is 18.4 Å². The SMILES string of the molecule is CC(C)(C)OC(=O)NOCCOP(=O)(OCc1ccccc1)OCc1ccccc1. The summed E-state index contributed by atoms with van der Waals surface area (Å²) in [6, 6.07) is 18.5. The van der Waals surface area contributed by atoms with Gasteiger partial charge in [-0.1, -0.05) is 60.7 Å². The van der Waals surface area contributed by atoms with Gasteiger partial charge in [-0.05, 0) is 31.9 Å². The first-order chi connectivity index (χ1) is 14.3. The van der Waals surface area contributed by atoms with E-state index in [0.29, 0.717) is 0 Å². The number of hydroxylamine groups is 1.